The average Bonchev–Trinajstić information content (AvgIpc) is 2.71. The molecule has 29 heavy (non-hydrogen) atoms. The second kappa shape index (κ2) is 9.77. The maximum absolute atomic E-state index is 14.7. The summed E-state index contributed by atoms with van der Waals surface area (Å²) in [4.78, 5) is 0. The van der Waals surface area contributed by atoms with Crippen LogP contribution in [0.3, 0.4) is 0 Å². The second-order valence-corrected chi connectivity index (χ2v) is 8.66. The zero-order chi connectivity index (χ0) is 21.0. The molecule has 1 aliphatic carbocycles. The lowest BCUT2D eigenvalue weighted by atomic mass is 9.73. The fraction of sp³-hybridized carbons (Fsp3) is 0.520. The highest BCUT2D eigenvalue weighted by atomic mass is 19.2. The molecule has 1 aliphatic rings. The molecule has 4 heteroatoms. The Balaban J connectivity index is 1.67. The van der Waals surface area contributed by atoms with Crippen LogP contribution in [0.25, 0.3) is 11.1 Å². The lowest BCUT2D eigenvalue weighted by Crippen LogP contribution is -2.22. The van der Waals surface area contributed by atoms with Crippen LogP contribution in [0.5, 0.6) is 0 Å². The third kappa shape index (κ3) is 5.40. The molecule has 1 unspecified atom stereocenters. The number of hydrogen-bond donors (Lipinski definition) is 0. The maximum atomic E-state index is 14.7. The van der Waals surface area contributed by atoms with E-state index in [-0.39, 0.29) is 17.0 Å². The zero-order valence-electron chi connectivity index (χ0n) is 17.3. The summed E-state index contributed by atoms with van der Waals surface area (Å²) in [6, 6.07) is 5.40. The van der Waals surface area contributed by atoms with Crippen molar-refractivity contribution in [1.29, 1.82) is 0 Å². The molecule has 0 N–H and O–H groups in total. The summed E-state index contributed by atoms with van der Waals surface area (Å²) in [5.74, 6) is -1.54. The van der Waals surface area contributed by atoms with Crippen LogP contribution in [0.15, 0.2) is 30.3 Å². The summed E-state index contributed by atoms with van der Waals surface area (Å²) in [5.41, 5.74) is 0.439. The first-order valence-corrected chi connectivity index (χ1v) is 10.8. The molecule has 2 aromatic carbocycles. The molecule has 2 aromatic rings. The SMILES string of the molecule is CCCCC1CCC(C(C)Cc2cc(F)c(-c3ccc(F)c(F)c3)cc2F)CC1. The van der Waals surface area contributed by atoms with Crippen LogP contribution >= 0.6 is 0 Å². The molecule has 1 atom stereocenters. The summed E-state index contributed by atoms with van der Waals surface area (Å²) < 4.78 is 55.9. The number of hydrogen-bond acceptors (Lipinski definition) is 0. The predicted molar refractivity (Wildman–Crippen MR) is 110 cm³/mol. The molecule has 0 saturated heterocycles. The Bertz CT molecular complexity index is 822. The molecule has 1 saturated carbocycles. The number of benzene rings is 2. The Morgan fingerprint density at radius 3 is 2.24 bits per heavy atom. The Morgan fingerprint density at radius 2 is 1.59 bits per heavy atom. The van der Waals surface area contributed by atoms with Gasteiger partial charge >= 0.3 is 0 Å². The van der Waals surface area contributed by atoms with Crippen LogP contribution in [0.2, 0.25) is 0 Å². The van der Waals surface area contributed by atoms with Gasteiger partial charge in [0.2, 0.25) is 0 Å². The van der Waals surface area contributed by atoms with Crippen molar-refractivity contribution in [3.63, 3.8) is 0 Å². The van der Waals surface area contributed by atoms with E-state index in [1.54, 1.807) is 0 Å². The minimum atomic E-state index is -1.07. The molecule has 0 heterocycles. The molecule has 0 spiro atoms. The van der Waals surface area contributed by atoms with Crippen LogP contribution < -0.4 is 0 Å². The van der Waals surface area contributed by atoms with Crippen LogP contribution in [0, 0.1) is 41.0 Å². The molecule has 3 rings (SSSR count). The first-order valence-electron chi connectivity index (χ1n) is 10.8. The van der Waals surface area contributed by atoms with E-state index in [0.717, 1.165) is 37.0 Å². The van der Waals surface area contributed by atoms with Crippen molar-refractivity contribution in [2.45, 2.75) is 65.2 Å². The first kappa shape index (κ1) is 21.9. The number of unbranched alkanes of at least 4 members (excludes halogenated alkanes) is 1. The monoisotopic (exact) mass is 406 g/mol. The minimum Gasteiger partial charge on any atom is -0.207 e. The first-order chi connectivity index (χ1) is 13.9. The van der Waals surface area contributed by atoms with E-state index in [2.05, 4.69) is 13.8 Å². The van der Waals surface area contributed by atoms with Gasteiger partial charge in [-0.15, -0.1) is 0 Å². The van der Waals surface area contributed by atoms with E-state index in [0.29, 0.717) is 17.9 Å². The Kier molecular flexibility index (Phi) is 7.37. The molecule has 0 aromatic heterocycles. The molecular formula is C25H30F4. The van der Waals surface area contributed by atoms with Crippen LogP contribution in [-0.4, -0.2) is 0 Å². The standard InChI is InChI=1S/C25H30F4/c1-3-4-5-17-6-8-18(9-7-17)16(2)12-20-14-24(28)21(15-23(20)27)19-10-11-22(26)25(29)13-19/h10-11,13-18H,3-9,12H2,1-2H3. The lowest BCUT2D eigenvalue weighted by Gasteiger charge is -2.32. The molecule has 0 amide bonds. The van der Waals surface area contributed by atoms with Gasteiger partial charge in [0, 0.05) is 5.56 Å². The molecular weight excluding hydrogens is 376 g/mol. The van der Waals surface area contributed by atoms with Crippen molar-refractivity contribution < 1.29 is 17.6 Å². The second-order valence-electron chi connectivity index (χ2n) is 8.66. The van der Waals surface area contributed by atoms with Gasteiger partial charge in [0.05, 0.1) is 0 Å². The fourth-order valence-corrected chi connectivity index (χ4v) is 4.68. The number of halogens is 4. The van der Waals surface area contributed by atoms with Gasteiger partial charge in [0.1, 0.15) is 11.6 Å². The maximum Gasteiger partial charge on any atom is 0.159 e. The Hall–Kier alpha value is -1.84. The van der Waals surface area contributed by atoms with E-state index in [1.165, 1.54) is 44.2 Å². The summed E-state index contributed by atoms with van der Waals surface area (Å²) in [7, 11) is 0. The van der Waals surface area contributed by atoms with E-state index in [9.17, 15) is 17.6 Å². The highest BCUT2D eigenvalue weighted by molar-refractivity contribution is 5.64. The van der Waals surface area contributed by atoms with Crippen LogP contribution in [0.1, 0.15) is 64.4 Å². The molecule has 0 bridgehead atoms. The van der Waals surface area contributed by atoms with Crippen molar-refractivity contribution in [2.75, 3.05) is 0 Å². The third-order valence-electron chi connectivity index (χ3n) is 6.57. The largest absolute Gasteiger partial charge is 0.207 e. The number of rotatable bonds is 7. The van der Waals surface area contributed by atoms with Gasteiger partial charge in [-0.1, -0.05) is 52.0 Å². The smallest absolute Gasteiger partial charge is 0.159 e. The highest BCUT2D eigenvalue weighted by Crippen LogP contribution is 2.37. The molecule has 0 radical (unpaired) electrons. The van der Waals surface area contributed by atoms with Crippen molar-refractivity contribution in [1.82, 2.24) is 0 Å². The Labute approximate surface area is 171 Å². The topological polar surface area (TPSA) is 0 Å². The van der Waals surface area contributed by atoms with Crippen LogP contribution in [-0.2, 0) is 6.42 Å². The van der Waals surface area contributed by atoms with E-state index >= 15 is 0 Å². The van der Waals surface area contributed by atoms with Gasteiger partial charge in [-0.3, -0.25) is 0 Å². The lowest BCUT2D eigenvalue weighted by molar-refractivity contribution is 0.204. The van der Waals surface area contributed by atoms with E-state index in [4.69, 9.17) is 0 Å². The normalized spacial score (nSPS) is 20.6. The van der Waals surface area contributed by atoms with Gasteiger partial charge in [-0.05, 0) is 72.4 Å². The summed E-state index contributed by atoms with van der Waals surface area (Å²) in [6.45, 7) is 4.34. The Morgan fingerprint density at radius 1 is 0.862 bits per heavy atom. The van der Waals surface area contributed by atoms with E-state index in [1.807, 2.05) is 0 Å². The fourth-order valence-electron chi connectivity index (χ4n) is 4.68. The highest BCUT2D eigenvalue weighted by Gasteiger charge is 2.26. The van der Waals surface area contributed by atoms with Crippen molar-refractivity contribution in [2.24, 2.45) is 17.8 Å². The minimum absolute atomic E-state index is 0.0470. The summed E-state index contributed by atoms with van der Waals surface area (Å²) >= 11 is 0. The van der Waals surface area contributed by atoms with Crippen molar-refractivity contribution in [3.05, 3.63) is 59.2 Å². The average molecular weight is 407 g/mol. The molecule has 158 valence electrons. The molecule has 1 fully saturated rings. The van der Waals surface area contributed by atoms with E-state index < -0.39 is 23.3 Å². The van der Waals surface area contributed by atoms with Gasteiger partial charge in [-0.25, -0.2) is 17.6 Å². The quantitative estimate of drug-likeness (QED) is 0.408. The summed E-state index contributed by atoms with van der Waals surface area (Å²) in [5, 5.41) is 0. The van der Waals surface area contributed by atoms with Gasteiger partial charge in [0.25, 0.3) is 0 Å². The van der Waals surface area contributed by atoms with Gasteiger partial charge in [0.15, 0.2) is 11.6 Å². The molecule has 0 nitrogen and oxygen atoms in total. The van der Waals surface area contributed by atoms with Gasteiger partial charge in [-0.2, -0.15) is 0 Å². The third-order valence-corrected chi connectivity index (χ3v) is 6.57. The summed E-state index contributed by atoms with van der Waals surface area (Å²) in [6.07, 6.45) is 9.12. The van der Waals surface area contributed by atoms with Crippen molar-refractivity contribution >= 4 is 0 Å². The zero-order valence-corrected chi connectivity index (χ0v) is 17.3. The van der Waals surface area contributed by atoms with Gasteiger partial charge < -0.3 is 0 Å². The predicted octanol–water partition coefficient (Wildman–Crippen LogP) is 8.09. The van der Waals surface area contributed by atoms with Crippen molar-refractivity contribution in [3.8, 4) is 11.1 Å². The van der Waals surface area contributed by atoms with Crippen LogP contribution in [0.4, 0.5) is 17.6 Å². The molecule has 0 aliphatic heterocycles.